The largest absolute Gasteiger partial charge is 0.356 e. The molecule has 228 valence electrons. The first-order chi connectivity index (χ1) is 21.5. The van der Waals surface area contributed by atoms with Gasteiger partial charge in [0.05, 0.1) is 9.79 Å². The molecule has 0 fully saturated rings. The molecule has 6 rings (SSSR count). The van der Waals surface area contributed by atoms with Crippen molar-refractivity contribution in [3.63, 3.8) is 0 Å². The SMILES string of the molecule is O=S(=O)(OC(OS(=O)(=O)c1ccc2ccccc2c1)(OS(=O)(=O)c1cccc2ccccc12)c1ccccc1)c1ccccc1. The first-order valence-electron chi connectivity index (χ1n) is 13.4. The quantitative estimate of drug-likeness (QED) is 0.122. The molecule has 0 bridgehead atoms. The first kappa shape index (κ1) is 30.6. The molecule has 0 heterocycles. The lowest BCUT2D eigenvalue weighted by Crippen LogP contribution is -2.42. The maximum atomic E-state index is 14.1. The third-order valence-electron chi connectivity index (χ3n) is 6.85. The summed E-state index contributed by atoms with van der Waals surface area (Å²) < 4.78 is 100. The van der Waals surface area contributed by atoms with Crippen LogP contribution in [0.4, 0.5) is 0 Å². The van der Waals surface area contributed by atoms with Crippen molar-refractivity contribution in [3.8, 4) is 0 Å². The first-order valence-corrected chi connectivity index (χ1v) is 17.7. The smallest absolute Gasteiger partial charge is 0.198 e. The van der Waals surface area contributed by atoms with E-state index in [1.54, 1.807) is 60.7 Å². The monoisotopic (exact) mass is 660 g/mol. The minimum atomic E-state index is -5.02. The minimum Gasteiger partial charge on any atom is -0.198 e. The minimum absolute atomic E-state index is 0.241. The molecule has 9 nitrogen and oxygen atoms in total. The molecule has 0 spiro atoms. The van der Waals surface area contributed by atoms with E-state index in [0.29, 0.717) is 10.8 Å². The van der Waals surface area contributed by atoms with Gasteiger partial charge in [-0.1, -0.05) is 115 Å². The lowest BCUT2D eigenvalue weighted by Gasteiger charge is -2.31. The number of hydrogen-bond acceptors (Lipinski definition) is 9. The third-order valence-corrected chi connectivity index (χ3v) is 10.7. The number of hydrogen-bond donors (Lipinski definition) is 0. The Labute approximate surface area is 260 Å². The summed E-state index contributed by atoms with van der Waals surface area (Å²) in [5.74, 6) is -3.38. The Bertz CT molecular complexity index is 2340. The van der Waals surface area contributed by atoms with Gasteiger partial charge in [0.25, 0.3) is 0 Å². The van der Waals surface area contributed by atoms with Gasteiger partial charge in [0, 0.05) is 10.9 Å². The molecule has 1 unspecified atom stereocenters. The molecular weight excluding hydrogens is 637 g/mol. The van der Waals surface area contributed by atoms with Gasteiger partial charge in [-0.15, -0.1) is 0 Å². The van der Waals surface area contributed by atoms with Gasteiger partial charge in [-0.25, -0.2) is 0 Å². The van der Waals surface area contributed by atoms with Crippen LogP contribution < -0.4 is 0 Å². The van der Waals surface area contributed by atoms with Crippen molar-refractivity contribution in [3.05, 3.63) is 151 Å². The van der Waals surface area contributed by atoms with Crippen LogP contribution in [0.25, 0.3) is 21.5 Å². The Morgan fingerprint density at radius 3 is 1.60 bits per heavy atom. The standard InChI is InChI=1S/C33H24O9S3/c34-43(35,29-18-5-2-6-19-29)40-33(28-16-3-1-4-17-28,41-44(36,37)30-23-22-25-12-7-8-14-27(25)24-30)42-45(38,39)32-21-11-15-26-13-9-10-20-31(26)32/h1-24H. The second-order valence-electron chi connectivity index (χ2n) is 9.83. The zero-order chi connectivity index (χ0) is 31.7. The van der Waals surface area contributed by atoms with Gasteiger partial charge >= 0.3 is 36.3 Å². The average molecular weight is 661 g/mol. The molecule has 1 atom stereocenters. The van der Waals surface area contributed by atoms with Crippen molar-refractivity contribution in [1.29, 1.82) is 0 Å². The van der Waals surface area contributed by atoms with Gasteiger partial charge in [0.2, 0.25) is 0 Å². The van der Waals surface area contributed by atoms with Gasteiger partial charge in [-0.3, -0.25) is 0 Å². The molecule has 6 aromatic rings. The Morgan fingerprint density at radius 1 is 0.400 bits per heavy atom. The molecule has 6 aromatic carbocycles. The summed E-state index contributed by atoms with van der Waals surface area (Å²) in [4.78, 5) is -1.16. The van der Waals surface area contributed by atoms with Gasteiger partial charge in [0.15, 0.2) is 0 Å². The summed E-state index contributed by atoms with van der Waals surface area (Å²) in [6.45, 7) is 0. The summed E-state index contributed by atoms with van der Waals surface area (Å²) in [5.41, 5.74) is -0.363. The molecule has 0 aliphatic heterocycles. The maximum absolute atomic E-state index is 14.1. The van der Waals surface area contributed by atoms with E-state index in [4.69, 9.17) is 12.5 Å². The normalized spacial score (nSPS) is 13.9. The second-order valence-corrected chi connectivity index (χ2v) is 14.4. The molecule has 45 heavy (non-hydrogen) atoms. The zero-order valence-corrected chi connectivity index (χ0v) is 25.7. The van der Waals surface area contributed by atoms with Crippen molar-refractivity contribution >= 4 is 51.9 Å². The summed E-state index contributed by atoms with van der Waals surface area (Å²) in [6.07, 6.45) is 0. The summed E-state index contributed by atoms with van der Waals surface area (Å²) in [6, 6.07) is 35.6. The van der Waals surface area contributed by atoms with Crippen LogP contribution in [-0.4, -0.2) is 25.3 Å². The Balaban J connectivity index is 1.57. The number of rotatable bonds is 10. The molecular formula is C33H24O9S3. The molecule has 0 N–H and O–H groups in total. The van der Waals surface area contributed by atoms with Crippen molar-refractivity contribution in [1.82, 2.24) is 0 Å². The molecule has 0 aliphatic carbocycles. The van der Waals surface area contributed by atoms with E-state index in [0.717, 1.165) is 5.39 Å². The summed E-state index contributed by atoms with van der Waals surface area (Å²) >= 11 is 0. The molecule has 0 aliphatic rings. The predicted octanol–water partition coefficient (Wildman–Crippen LogP) is 6.32. The molecule has 0 aromatic heterocycles. The van der Waals surface area contributed by atoms with E-state index < -0.39 is 46.1 Å². The maximum Gasteiger partial charge on any atom is 0.356 e. The molecule has 12 heteroatoms. The Hall–Kier alpha value is -4.43. The predicted molar refractivity (Wildman–Crippen MR) is 167 cm³/mol. The van der Waals surface area contributed by atoms with Crippen LogP contribution in [-0.2, 0) is 48.9 Å². The Kier molecular flexibility index (Phi) is 8.04. The van der Waals surface area contributed by atoms with Crippen LogP contribution in [0.3, 0.4) is 0 Å². The van der Waals surface area contributed by atoms with Gasteiger partial charge in [-0.2, -0.15) is 37.8 Å². The van der Waals surface area contributed by atoms with Crippen LogP contribution >= 0.6 is 0 Å². The molecule has 0 saturated carbocycles. The van der Waals surface area contributed by atoms with Crippen LogP contribution in [0.15, 0.2) is 160 Å². The molecule has 0 radical (unpaired) electrons. The number of benzene rings is 6. The Morgan fingerprint density at radius 2 is 0.911 bits per heavy atom. The molecule has 0 saturated heterocycles. The fourth-order valence-corrected chi connectivity index (χ4v) is 8.19. The van der Waals surface area contributed by atoms with E-state index in [1.165, 1.54) is 84.9 Å². The van der Waals surface area contributed by atoms with Crippen molar-refractivity contribution < 1.29 is 37.8 Å². The lowest BCUT2D eigenvalue weighted by molar-refractivity contribution is -0.255. The fraction of sp³-hybridized carbons (Fsp3) is 0.0303. The zero-order valence-electron chi connectivity index (χ0n) is 23.3. The van der Waals surface area contributed by atoms with Crippen LogP contribution in [0.1, 0.15) is 5.56 Å². The van der Waals surface area contributed by atoms with E-state index in [1.807, 2.05) is 0 Å². The van der Waals surface area contributed by atoms with E-state index in [-0.39, 0.29) is 15.8 Å². The average Bonchev–Trinajstić information content (AvgIpc) is 3.04. The number of fused-ring (bicyclic) bond motifs is 2. The van der Waals surface area contributed by atoms with Crippen LogP contribution in [0.5, 0.6) is 0 Å². The lowest BCUT2D eigenvalue weighted by atomic mass is 10.1. The van der Waals surface area contributed by atoms with Gasteiger partial charge in [0.1, 0.15) is 4.90 Å². The summed E-state index contributed by atoms with van der Waals surface area (Å²) in [7, 11) is -14.9. The van der Waals surface area contributed by atoms with Crippen LogP contribution in [0.2, 0.25) is 0 Å². The second kappa shape index (κ2) is 11.8. The van der Waals surface area contributed by atoms with Crippen molar-refractivity contribution in [2.75, 3.05) is 0 Å². The van der Waals surface area contributed by atoms with Crippen molar-refractivity contribution in [2.24, 2.45) is 0 Å². The van der Waals surface area contributed by atoms with E-state index in [2.05, 4.69) is 0 Å². The fourth-order valence-electron chi connectivity index (χ4n) is 4.73. The summed E-state index contributed by atoms with van der Waals surface area (Å²) in [5, 5.41) is 2.04. The van der Waals surface area contributed by atoms with Crippen LogP contribution in [0, 0.1) is 0 Å². The van der Waals surface area contributed by atoms with Gasteiger partial charge < -0.3 is 0 Å². The highest BCUT2D eigenvalue weighted by Gasteiger charge is 2.50. The van der Waals surface area contributed by atoms with E-state index >= 15 is 0 Å². The highest BCUT2D eigenvalue weighted by atomic mass is 32.2. The molecule has 0 amide bonds. The highest BCUT2D eigenvalue weighted by molar-refractivity contribution is 7.88. The topological polar surface area (TPSA) is 130 Å². The third kappa shape index (κ3) is 6.25. The highest BCUT2D eigenvalue weighted by Crippen LogP contribution is 2.40. The van der Waals surface area contributed by atoms with E-state index in [9.17, 15) is 25.3 Å². The van der Waals surface area contributed by atoms with Crippen molar-refractivity contribution in [2.45, 2.75) is 20.7 Å². The van der Waals surface area contributed by atoms with Gasteiger partial charge in [-0.05, 0) is 46.5 Å².